The molecule has 0 saturated heterocycles. The minimum Gasteiger partial charge on any atom is -0.272 e. The molecule has 1 aromatic heterocycles. The van der Waals surface area contributed by atoms with Crippen molar-refractivity contribution in [3.8, 4) is 0 Å². The second-order valence-corrected chi connectivity index (χ2v) is 6.75. The van der Waals surface area contributed by atoms with E-state index in [1.54, 1.807) is 17.6 Å². The SMILES string of the molecule is Cc1ccsc1/C=N/NC(=O)CSCc1cccc(Cl)c1. The Morgan fingerprint density at radius 1 is 1.48 bits per heavy atom. The van der Waals surface area contributed by atoms with Gasteiger partial charge in [-0.15, -0.1) is 23.1 Å². The van der Waals surface area contributed by atoms with Crippen molar-refractivity contribution in [1.29, 1.82) is 0 Å². The van der Waals surface area contributed by atoms with Crippen molar-refractivity contribution in [2.75, 3.05) is 5.75 Å². The molecule has 0 atom stereocenters. The van der Waals surface area contributed by atoms with Gasteiger partial charge >= 0.3 is 0 Å². The fourth-order valence-corrected chi connectivity index (χ4v) is 3.37. The average molecular weight is 339 g/mol. The Labute approximate surface area is 137 Å². The van der Waals surface area contributed by atoms with Gasteiger partial charge in [0.05, 0.1) is 12.0 Å². The maximum absolute atomic E-state index is 11.6. The van der Waals surface area contributed by atoms with E-state index in [0.29, 0.717) is 10.8 Å². The van der Waals surface area contributed by atoms with E-state index in [1.807, 2.05) is 42.6 Å². The summed E-state index contributed by atoms with van der Waals surface area (Å²) in [5, 5.41) is 6.68. The molecule has 2 aromatic rings. The molecule has 1 heterocycles. The van der Waals surface area contributed by atoms with Crippen LogP contribution in [0.5, 0.6) is 0 Å². The Kier molecular flexibility index (Phi) is 6.29. The van der Waals surface area contributed by atoms with Gasteiger partial charge in [-0.25, -0.2) is 5.43 Å². The molecule has 0 radical (unpaired) electrons. The first-order valence-corrected chi connectivity index (χ1v) is 8.74. The van der Waals surface area contributed by atoms with Crippen LogP contribution >= 0.6 is 34.7 Å². The third-order valence-electron chi connectivity index (χ3n) is 2.66. The third kappa shape index (κ3) is 5.53. The van der Waals surface area contributed by atoms with Gasteiger partial charge in [0.15, 0.2) is 0 Å². The summed E-state index contributed by atoms with van der Waals surface area (Å²) < 4.78 is 0. The molecule has 0 unspecified atom stereocenters. The largest absolute Gasteiger partial charge is 0.272 e. The number of benzene rings is 1. The zero-order valence-corrected chi connectivity index (χ0v) is 13.9. The summed E-state index contributed by atoms with van der Waals surface area (Å²) in [5.41, 5.74) is 4.81. The molecule has 1 amide bonds. The molecule has 0 aliphatic heterocycles. The van der Waals surface area contributed by atoms with Gasteiger partial charge < -0.3 is 0 Å². The molecule has 0 aliphatic rings. The third-order valence-corrected chi connectivity index (χ3v) is 4.86. The maximum atomic E-state index is 11.6. The molecule has 3 nitrogen and oxygen atoms in total. The highest BCUT2D eigenvalue weighted by atomic mass is 35.5. The lowest BCUT2D eigenvalue weighted by molar-refractivity contribution is -0.118. The topological polar surface area (TPSA) is 41.5 Å². The minimum absolute atomic E-state index is 0.104. The monoisotopic (exact) mass is 338 g/mol. The smallest absolute Gasteiger partial charge is 0.250 e. The summed E-state index contributed by atoms with van der Waals surface area (Å²) in [7, 11) is 0. The number of aryl methyl sites for hydroxylation is 1. The number of thiophene rings is 1. The molecule has 1 aromatic carbocycles. The highest BCUT2D eigenvalue weighted by molar-refractivity contribution is 7.99. The van der Waals surface area contributed by atoms with E-state index < -0.39 is 0 Å². The second-order valence-electron chi connectivity index (χ2n) is 4.38. The highest BCUT2D eigenvalue weighted by Gasteiger charge is 2.01. The van der Waals surface area contributed by atoms with E-state index >= 15 is 0 Å². The van der Waals surface area contributed by atoms with Gasteiger partial charge in [0.1, 0.15) is 0 Å². The number of thioether (sulfide) groups is 1. The second kappa shape index (κ2) is 8.22. The molecule has 110 valence electrons. The standard InChI is InChI=1S/C15H15ClN2OS2/c1-11-5-6-21-14(11)8-17-18-15(19)10-20-9-12-3-2-4-13(16)7-12/h2-8H,9-10H2,1H3,(H,18,19)/b17-8+. The first-order chi connectivity index (χ1) is 10.1. The summed E-state index contributed by atoms with van der Waals surface area (Å²) >= 11 is 9.04. The number of nitrogens with one attached hydrogen (secondary N) is 1. The number of hydrogen-bond acceptors (Lipinski definition) is 4. The molecule has 0 aliphatic carbocycles. The van der Waals surface area contributed by atoms with Crippen LogP contribution in [0.2, 0.25) is 5.02 Å². The highest BCUT2D eigenvalue weighted by Crippen LogP contribution is 2.16. The van der Waals surface area contributed by atoms with Crippen molar-refractivity contribution in [2.45, 2.75) is 12.7 Å². The summed E-state index contributed by atoms with van der Waals surface area (Å²) in [6.45, 7) is 2.01. The number of rotatable bonds is 6. The van der Waals surface area contributed by atoms with E-state index in [4.69, 9.17) is 11.6 Å². The molecule has 0 fully saturated rings. The van der Waals surface area contributed by atoms with Crippen LogP contribution in [0.1, 0.15) is 16.0 Å². The molecule has 2 rings (SSSR count). The summed E-state index contributed by atoms with van der Waals surface area (Å²) in [5.74, 6) is 1.02. The van der Waals surface area contributed by atoms with Gasteiger partial charge in [0.2, 0.25) is 5.91 Å². The van der Waals surface area contributed by atoms with Crippen molar-refractivity contribution < 1.29 is 4.79 Å². The average Bonchev–Trinajstić information content (AvgIpc) is 2.85. The van der Waals surface area contributed by atoms with Crippen LogP contribution in [-0.4, -0.2) is 17.9 Å². The van der Waals surface area contributed by atoms with Gasteiger partial charge in [-0.3, -0.25) is 4.79 Å². The first-order valence-electron chi connectivity index (χ1n) is 6.33. The van der Waals surface area contributed by atoms with Crippen LogP contribution in [0.25, 0.3) is 0 Å². The fourth-order valence-electron chi connectivity index (χ4n) is 1.60. The van der Waals surface area contributed by atoms with Gasteiger partial charge in [-0.2, -0.15) is 5.10 Å². The van der Waals surface area contributed by atoms with E-state index in [9.17, 15) is 4.79 Å². The zero-order valence-electron chi connectivity index (χ0n) is 11.5. The van der Waals surface area contributed by atoms with Crippen molar-refractivity contribution in [1.82, 2.24) is 5.43 Å². The number of halogens is 1. The van der Waals surface area contributed by atoms with Crippen LogP contribution < -0.4 is 5.43 Å². The van der Waals surface area contributed by atoms with Crippen molar-refractivity contribution in [3.05, 3.63) is 56.7 Å². The summed E-state index contributed by atoms with van der Waals surface area (Å²) in [4.78, 5) is 12.7. The van der Waals surface area contributed by atoms with Crippen LogP contribution in [0.4, 0.5) is 0 Å². The Balaban J connectivity index is 1.70. The molecule has 6 heteroatoms. The number of hydrazone groups is 1. The predicted molar refractivity (Wildman–Crippen MR) is 92.4 cm³/mol. The maximum Gasteiger partial charge on any atom is 0.250 e. The lowest BCUT2D eigenvalue weighted by Crippen LogP contribution is -2.19. The van der Waals surface area contributed by atoms with Crippen LogP contribution in [0.3, 0.4) is 0 Å². The quantitative estimate of drug-likeness (QED) is 0.636. The Morgan fingerprint density at radius 3 is 3.05 bits per heavy atom. The van der Waals surface area contributed by atoms with Gasteiger partial charge in [0, 0.05) is 15.7 Å². The molecular weight excluding hydrogens is 324 g/mol. The predicted octanol–water partition coefficient (Wildman–Crippen LogP) is 4.09. The normalized spacial score (nSPS) is 11.0. The number of amides is 1. The number of carbonyl (C=O) groups excluding carboxylic acids is 1. The lowest BCUT2D eigenvalue weighted by atomic mass is 10.2. The molecule has 1 N–H and O–H groups in total. The van der Waals surface area contributed by atoms with Gasteiger partial charge in [-0.1, -0.05) is 23.7 Å². The summed E-state index contributed by atoms with van der Waals surface area (Å²) in [6.07, 6.45) is 1.68. The Hall–Kier alpha value is -1.30. The number of nitrogens with zero attached hydrogens (tertiary/aromatic N) is 1. The zero-order chi connectivity index (χ0) is 15.1. The number of carbonyl (C=O) groups is 1. The lowest BCUT2D eigenvalue weighted by Gasteiger charge is -2.02. The first kappa shape index (κ1) is 16.1. The Morgan fingerprint density at radius 2 is 2.33 bits per heavy atom. The fraction of sp³-hybridized carbons (Fsp3) is 0.200. The van der Waals surface area contributed by atoms with E-state index in [0.717, 1.165) is 21.8 Å². The van der Waals surface area contributed by atoms with E-state index in [1.165, 1.54) is 11.8 Å². The van der Waals surface area contributed by atoms with E-state index in [2.05, 4.69) is 10.5 Å². The Bertz CT molecular complexity index is 640. The summed E-state index contributed by atoms with van der Waals surface area (Å²) in [6, 6.07) is 9.67. The van der Waals surface area contributed by atoms with Crippen molar-refractivity contribution in [3.63, 3.8) is 0 Å². The molecule has 0 bridgehead atoms. The van der Waals surface area contributed by atoms with Gasteiger partial charge in [-0.05, 0) is 41.6 Å². The van der Waals surface area contributed by atoms with E-state index in [-0.39, 0.29) is 5.91 Å². The number of hydrogen-bond donors (Lipinski definition) is 1. The van der Waals surface area contributed by atoms with Crippen LogP contribution in [0.15, 0.2) is 40.8 Å². The van der Waals surface area contributed by atoms with Crippen molar-refractivity contribution in [2.24, 2.45) is 5.10 Å². The molecular formula is C15H15ClN2OS2. The molecule has 21 heavy (non-hydrogen) atoms. The minimum atomic E-state index is -0.104. The van der Waals surface area contributed by atoms with Gasteiger partial charge in [0.25, 0.3) is 0 Å². The van der Waals surface area contributed by atoms with Crippen LogP contribution in [-0.2, 0) is 10.5 Å². The van der Waals surface area contributed by atoms with Crippen molar-refractivity contribution >= 4 is 46.8 Å². The molecule has 0 saturated carbocycles. The van der Waals surface area contributed by atoms with Crippen LogP contribution in [0, 0.1) is 6.92 Å². The molecule has 0 spiro atoms.